The van der Waals surface area contributed by atoms with E-state index in [-0.39, 0.29) is 24.7 Å². The van der Waals surface area contributed by atoms with Crippen molar-refractivity contribution in [2.24, 2.45) is 0 Å². The van der Waals surface area contributed by atoms with Crippen molar-refractivity contribution in [1.29, 1.82) is 0 Å². The molecule has 1 amide bonds. The summed E-state index contributed by atoms with van der Waals surface area (Å²) in [4.78, 5) is 24.4. The molecule has 0 bridgehead atoms. The Kier molecular flexibility index (Phi) is 5.36. The molecular formula is C14H19NO3. The maximum absolute atomic E-state index is 11.8. The second-order valence-corrected chi connectivity index (χ2v) is 4.25. The molecule has 0 N–H and O–H groups in total. The molecule has 1 aromatic carbocycles. The molecule has 1 rings (SSSR count). The number of methoxy groups -OCH3 is 1. The quantitative estimate of drug-likeness (QED) is 0.749. The minimum absolute atomic E-state index is 0.0522. The summed E-state index contributed by atoms with van der Waals surface area (Å²) in [5.74, 6) is -0.406. The van der Waals surface area contributed by atoms with Gasteiger partial charge in [0.1, 0.15) is 0 Å². The van der Waals surface area contributed by atoms with Gasteiger partial charge >= 0.3 is 5.97 Å². The number of aryl methyl sites for hydroxylation is 1. The first-order chi connectivity index (χ1) is 8.54. The standard InChI is InChI=1S/C14H19NO3/c1-11-6-4-5-7-12(11)10-15(2)13(16)8-9-14(17)18-3/h4-7H,8-10H2,1-3H3. The zero-order valence-corrected chi connectivity index (χ0v) is 11.1. The van der Waals surface area contributed by atoms with E-state index in [1.165, 1.54) is 7.11 Å². The van der Waals surface area contributed by atoms with Crippen molar-refractivity contribution in [3.63, 3.8) is 0 Å². The van der Waals surface area contributed by atoms with Gasteiger partial charge < -0.3 is 9.64 Å². The van der Waals surface area contributed by atoms with Gasteiger partial charge in [0.2, 0.25) is 5.91 Å². The predicted octanol–water partition coefficient (Wildman–Crippen LogP) is 1.91. The van der Waals surface area contributed by atoms with Crippen LogP contribution < -0.4 is 0 Å². The first-order valence-corrected chi connectivity index (χ1v) is 5.90. The molecule has 0 saturated carbocycles. The zero-order valence-electron chi connectivity index (χ0n) is 11.1. The fourth-order valence-electron chi connectivity index (χ4n) is 1.63. The third kappa shape index (κ3) is 4.20. The number of rotatable bonds is 5. The molecule has 0 aliphatic rings. The van der Waals surface area contributed by atoms with E-state index < -0.39 is 0 Å². The van der Waals surface area contributed by atoms with Gasteiger partial charge in [0.25, 0.3) is 0 Å². The van der Waals surface area contributed by atoms with Gasteiger partial charge in [-0.15, -0.1) is 0 Å². The van der Waals surface area contributed by atoms with Gasteiger partial charge in [-0.1, -0.05) is 24.3 Å². The Bertz CT molecular complexity index is 429. The normalized spacial score (nSPS) is 9.94. The average molecular weight is 249 g/mol. The lowest BCUT2D eigenvalue weighted by molar-refractivity contribution is -0.143. The molecule has 18 heavy (non-hydrogen) atoms. The Labute approximate surface area is 108 Å². The summed E-state index contributed by atoms with van der Waals surface area (Å²) < 4.78 is 4.51. The summed E-state index contributed by atoms with van der Waals surface area (Å²) in [7, 11) is 3.07. The van der Waals surface area contributed by atoms with E-state index >= 15 is 0 Å². The summed E-state index contributed by atoms with van der Waals surface area (Å²) in [5.41, 5.74) is 2.27. The maximum Gasteiger partial charge on any atom is 0.306 e. The van der Waals surface area contributed by atoms with Crippen LogP contribution in [0.2, 0.25) is 0 Å². The molecule has 0 saturated heterocycles. The second kappa shape index (κ2) is 6.79. The third-order valence-corrected chi connectivity index (χ3v) is 2.87. The van der Waals surface area contributed by atoms with E-state index in [1.54, 1.807) is 11.9 Å². The topological polar surface area (TPSA) is 46.6 Å². The minimum Gasteiger partial charge on any atom is -0.469 e. The number of carbonyl (C=O) groups is 2. The second-order valence-electron chi connectivity index (χ2n) is 4.25. The molecule has 0 aromatic heterocycles. The number of hydrogen-bond donors (Lipinski definition) is 0. The van der Waals surface area contributed by atoms with Gasteiger partial charge in [0.15, 0.2) is 0 Å². The molecule has 0 spiro atoms. The summed E-state index contributed by atoms with van der Waals surface area (Å²) in [6.07, 6.45) is 0.322. The third-order valence-electron chi connectivity index (χ3n) is 2.87. The van der Waals surface area contributed by atoms with Crippen LogP contribution in [0.5, 0.6) is 0 Å². The molecule has 0 aliphatic carbocycles. The Balaban J connectivity index is 2.50. The van der Waals surface area contributed by atoms with Gasteiger partial charge in [-0.3, -0.25) is 9.59 Å². The number of hydrogen-bond acceptors (Lipinski definition) is 3. The van der Waals surface area contributed by atoms with E-state index in [1.807, 2.05) is 31.2 Å². The molecule has 0 fully saturated rings. The van der Waals surface area contributed by atoms with Crippen molar-refractivity contribution in [1.82, 2.24) is 4.90 Å². The van der Waals surface area contributed by atoms with E-state index in [9.17, 15) is 9.59 Å². The minimum atomic E-state index is -0.354. The first kappa shape index (κ1) is 14.2. The van der Waals surface area contributed by atoms with Gasteiger partial charge in [-0.2, -0.15) is 0 Å². The van der Waals surface area contributed by atoms with Crippen LogP contribution in [0.25, 0.3) is 0 Å². The van der Waals surface area contributed by atoms with E-state index in [2.05, 4.69) is 4.74 Å². The fraction of sp³-hybridized carbons (Fsp3) is 0.429. The lowest BCUT2D eigenvalue weighted by Gasteiger charge is -2.18. The van der Waals surface area contributed by atoms with Crippen LogP contribution in [0.15, 0.2) is 24.3 Å². The van der Waals surface area contributed by atoms with Gasteiger partial charge in [-0.25, -0.2) is 0 Å². The summed E-state index contributed by atoms with van der Waals surface area (Å²) in [5, 5.41) is 0. The fourth-order valence-corrected chi connectivity index (χ4v) is 1.63. The molecule has 4 nitrogen and oxygen atoms in total. The number of esters is 1. The molecule has 1 aromatic rings. The van der Waals surface area contributed by atoms with Crippen molar-refractivity contribution in [2.75, 3.05) is 14.2 Å². The van der Waals surface area contributed by atoms with Crippen LogP contribution in [-0.2, 0) is 20.9 Å². The lowest BCUT2D eigenvalue weighted by atomic mass is 10.1. The van der Waals surface area contributed by atoms with Crippen molar-refractivity contribution in [3.8, 4) is 0 Å². The predicted molar refractivity (Wildman–Crippen MR) is 68.9 cm³/mol. The Morgan fingerprint density at radius 3 is 2.50 bits per heavy atom. The van der Waals surface area contributed by atoms with Crippen molar-refractivity contribution in [2.45, 2.75) is 26.3 Å². The largest absolute Gasteiger partial charge is 0.469 e. The smallest absolute Gasteiger partial charge is 0.306 e. The number of carbonyl (C=O) groups excluding carboxylic acids is 2. The summed E-state index contributed by atoms with van der Waals surface area (Å²) >= 11 is 0. The van der Waals surface area contributed by atoms with Gasteiger partial charge in [0.05, 0.1) is 13.5 Å². The highest BCUT2D eigenvalue weighted by Gasteiger charge is 2.12. The van der Waals surface area contributed by atoms with Gasteiger partial charge in [0, 0.05) is 20.0 Å². The molecule has 98 valence electrons. The Morgan fingerprint density at radius 2 is 1.89 bits per heavy atom. The highest BCUT2D eigenvalue weighted by molar-refractivity contribution is 5.81. The average Bonchev–Trinajstić information content (AvgIpc) is 2.38. The zero-order chi connectivity index (χ0) is 13.5. The van der Waals surface area contributed by atoms with E-state index in [0.29, 0.717) is 6.54 Å². The highest BCUT2D eigenvalue weighted by atomic mass is 16.5. The number of ether oxygens (including phenoxy) is 1. The lowest BCUT2D eigenvalue weighted by Crippen LogP contribution is -2.27. The summed E-state index contributed by atoms with van der Waals surface area (Å²) in [6.45, 7) is 2.58. The maximum atomic E-state index is 11.8. The molecule has 0 radical (unpaired) electrons. The van der Waals surface area contributed by atoms with Crippen LogP contribution in [-0.4, -0.2) is 30.9 Å². The molecular weight excluding hydrogens is 230 g/mol. The van der Waals surface area contributed by atoms with Gasteiger partial charge in [-0.05, 0) is 18.1 Å². The Hall–Kier alpha value is -1.84. The first-order valence-electron chi connectivity index (χ1n) is 5.90. The molecule has 0 atom stereocenters. The molecule has 0 unspecified atom stereocenters. The highest BCUT2D eigenvalue weighted by Crippen LogP contribution is 2.10. The van der Waals surface area contributed by atoms with Crippen molar-refractivity contribution >= 4 is 11.9 Å². The Morgan fingerprint density at radius 1 is 1.22 bits per heavy atom. The van der Waals surface area contributed by atoms with Crippen LogP contribution in [0.4, 0.5) is 0 Å². The van der Waals surface area contributed by atoms with E-state index in [4.69, 9.17) is 0 Å². The van der Waals surface area contributed by atoms with E-state index in [0.717, 1.165) is 11.1 Å². The SMILES string of the molecule is COC(=O)CCC(=O)N(C)Cc1ccccc1C. The molecule has 4 heteroatoms. The van der Waals surface area contributed by atoms with Crippen LogP contribution in [0, 0.1) is 6.92 Å². The number of benzene rings is 1. The molecule has 0 aliphatic heterocycles. The summed E-state index contributed by atoms with van der Waals surface area (Å²) in [6, 6.07) is 7.94. The monoisotopic (exact) mass is 249 g/mol. The molecule has 0 heterocycles. The van der Waals surface area contributed by atoms with Crippen LogP contribution in [0.3, 0.4) is 0 Å². The number of nitrogens with zero attached hydrogens (tertiary/aromatic N) is 1. The number of amides is 1. The van der Waals surface area contributed by atoms with Crippen molar-refractivity contribution < 1.29 is 14.3 Å². The van der Waals surface area contributed by atoms with Crippen LogP contribution >= 0.6 is 0 Å². The van der Waals surface area contributed by atoms with Crippen LogP contribution in [0.1, 0.15) is 24.0 Å². The van der Waals surface area contributed by atoms with Crippen molar-refractivity contribution in [3.05, 3.63) is 35.4 Å².